The van der Waals surface area contributed by atoms with Gasteiger partial charge in [-0.3, -0.25) is 4.40 Å². The van der Waals surface area contributed by atoms with Gasteiger partial charge < -0.3 is 5.32 Å². The molecule has 0 bridgehead atoms. The van der Waals surface area contributed by atoms with Gasteiger partial charge in [0, 0.05) is 29.0 Å². The first-order chi connectivity index (χ1) is 17.6. The lowest BCUT2D eigenvalue weighted by molar-refractivity contribution is 0.589. The number of fused-ring (bicyclic) bond motifs is 2. The van der Waals surface area contributed by atoms with Gasteiger partial charge in [-0.15, -0.1) is 0 Å². The van der Waals surface area contributed by atoms with Crippen molar-refractivity contribution >= 4 is 38.1 Å². The second-order valence-corrected chi connectivity index (χ2v) is 10.0. The van der Waals surface area contributed by atoms with Crippen LogP contribution >= 0.6 is 0 Å². The number of pyridine rings is 1. The maximum absolute atomic E-state index is 13.6. The van der Waals surface area contributed by atoms with Crippen LogP contribution in [-0.2, 0) is 10.0 Å². The summed E-state index contributed by atoms with van der Waals surface area (Å²) in [7, 11) is -3.83. The van der Waals surface area contributed by atoms with E-state index in [1.807, 2.05) is 59.1 Å². The zero-order valence-electron chi connectivity index (χ0n) is 18.9. The van der Waals surface area contributed by atoms with Crippen LogP contribution in [0.3, 0.4) is 0 Å². The summed E-state index contributed by atoms with van der Waals surface area (Å²) in [6, 6.07) is 30.8. The Bertz CT molecular complexity index is 1880. The number of para-hydroxylation sites is 1. The fourth-order valence-electron chi connectivity index (χ4n) is 4.31. The Morgan fingerprint density at radius 3 is 2.33 bits per heavy atom. The molecule has 0 radical (unpaired) electrons. The van der Waals surface area contributed by atoms with E-state index in [0.717, 1.165) is 11.1 Å². The van der Waals surface area contributed by atoms with Crippen molar-refractivity contribution in [3.05, 3.63) is 115 Å². The molecule has 0 spiro atoms. The highest BCUT2D eigenvalue weighted by Gasteiger charge is 2.24. The Balaban J connectivity index is 1.58. The van der Waals surface area contributed by atoms with Crippen LogP contribution < -0.4 is 5.32 Å². The maximum atomic E-state index is 13.6. The average molecular weight is 490 g/mol. The molecule has 0 amide bonds. The molecule has 0 atom stereocenters. The number of nitrogens with zero attached hydrogens (tertiary/aromatic N) is 4. The molecule has 0 aliphatic carbocycles. The van der Waals surface area contributed by atoms with Gasteiger partial charge in [0.05, 0.1) is 22.0 Å². The Morgan fingerprint density at radius 1 is 0.833 bits per heavy atom. The van der Waals surface area contributed by atoms with Crippen molar-refractivity contribution in [3.63, 3.8) is 0 Å². The summed E-state index contributed by atoms with van der Waals surface area (Å²) >= 11 is 0. The fourth-order valence-corrected chi connectivity index (χ4v) is 5.70. The zero-order chi connectivity index (χ0) is 24.7. The number of nitrogens with one attached hydrogen (secondary N) is 1. The van der Waals surface area contributed by atoms with Crippen molar-refractivity contribution in [2.45, 2.75) is 4.90 Å². The number of hydrogen-bond acceptors (Lipinski definition) is 5. The first-order valence-electron chi connectivity index (χ1n) is 11.2. The SMILES string of the molecule is N#Cc1ccc(Nc2c(-c3cn(S(=O)(=O)c4ccccc4)c4ccccc34)nc3ccccn23)cc1. The van der Waals surface area contributed by atoms with Crippen molar-refractivity contribution in [2.24, 2.45) is 0 Å². The molecule has 3 aromatic carbocycles. The number of nitriles is 1. The van der Waals surface area contributed by atoms with Crippen LogP contribution in [0.15, 0.2) is 114 Å². The molecule has 0 unspecified atom stereocenters. The number of anilines is 2. The minimum Gasteiger partial charge on any atom is -0.339 e. The highest BCUT2D eigenvalue weighted by Crippen LogP contribution is 2.38. The van der Waals surface area contributed by atoms with E-state index >= 15 is 0 Å². The summed E-state index contributed by atoms with van der Waals surface area (Å²) in [6.45, 7) is 0. The number of rotatable bonds is 5. The Labute approximate surface area is 207 Å². The van der Waals surface area contributed by atoms with E-state index in [9.17, 15) is 8.42 Å². The van der Waals surface area contributed by atoms with Gasteiger partial charge in [-0.1, -0.05) is 42.5 Å². The van der Waals surface area contributed by atoms with Crippen LogP contribution in [0.5, 0.6) is 0 Å². The molecule has 3 heterocycles. The molecule has 7 nitrogen and oxygen atoms in total. The quantitative estimate of drug-likeness (QED) is 0.330. The normalized spacial score (nSPS) is 11.5. The molecule has 8 heteroatoms. The third-order valence-electron chi connectivity index (χ3n) is 6.04. The standard InChI is InChI=1S/C28H19N5O2S/c29-18-20-13-15-21(16-14-20)30-28-27(31-26-12-6-7-17-32(26)28)24-19-33(25-11-5-4-10-23(24)25)36(34,35)22-8-2-1-3-9-22/h1-17,19,30H. The van der Waals surface area contributed by atoms with Gasteiger partial charge in [-0.25, -0.2) is 17.4 Å². The highest BCUT2D eigenvalue weighted by molar-refractivity contribution is 7.90. The Kier molecular flexibility index (Phi) is 5.06. The third-order valence-corrected chi connectivity index (χ3v) is 7.73. The molecule has 6 aromatic rings. The van der Waals surface area contributed by atoms with Gasteiger partial charge in [-0.05, 0) is 54.6 Å². The molecule has 1 N–H and O–H groups in total. The van der Waals surface area contributed by atoms with Gasteiger partial charge >= 0.3 is 0 Å². The minimum atomic E-state index is -3.83. The summed E-state index contributed by atoms with van der Waals surface area (Å²) in [5, 5.41) is 13.3. The summed E-state index contributed by atoms with van der Waals surface area (Å²) in [4.78, 5) is 5.08. The van der Waals surface area contributed by atoms with E-state index in [-0.39, 0.29) is 4.90 Å². The second-order valence-electron chi connectivity index (χ2n) is 8.23. The lowest BCUT2D eigenvalue weighted by Gasteiger charge is -2.09. The summed E-state index contributed by atoms with van der Waals surface area (Å²) in [5.41, 5.74) is 3.92. The molecular formula is C28H19N5O2S. The van der Waals surface area contributed by atoms with E-state index in [1.165, 1.54) is 3.97 Å². The predicted molar refractivity (Wildman–Crippen MR) is 140 cm³/mol. The zero-order valence-corrected chi connectivity index (χ0v) is 19.7. The predicted octanol–water partition coefficient (Wildman–Crippen LogP) is 5.81. The van der Waals surface area contributed by atoms with Crippen LogP contribution in [0.1, 0.15) is 5.56 Å². The lowest BCUT2D eigenvalue weighted by Crippen LogP contribution is -2.11. The highest BCUT2D eigenvalue weighted by atomic mass is 32.2. The van der Waals surface area contributed by atoms with Crippen LogP contribution in [0.4, 0.5) is 11.5 Å². The van der Waals surface area contributed by atoms with Crippen LogP contribution in [0.25, 0.3) is 27.8 Å². The number of imidazole rings is 1. The topological polar surface area (TPSA) is 92.2 Å². The Morgan fingerprint density at radius 2 is 1.56 bits per heavy atom. The fraction of sp³-hybridized carbons (Fsp3) is 0. The Hall–Kier alpha value is -4.87. The van der Waals surface area contributed by atoms with E-state index < -0.39 is 10.0 Å². The largest absolute Gasteiger partial charge is 0.339 e. The molecule has 0 aliphatic heterocycles. The maximum Gasteiger partial charge on any atom is 0.268 e. The van der Waals surface area contributed by atoms with Gasteiger partial charge in [0.2, 0.25) is 0 Å². The molecule has 0 aliphatic rings. The molecule has 6 rings (SSSR count). The van der Waals surface area contributed by atoms with Crippen LogP contribution in [0, 0.1) is 11.3 Å². The smallest absolute Gasteiger partial charge is 0.268 e. The van der Waals surface area contributed by atoms with Gasteiger partial charge in [0.1, 0.15) is 17.2 Å². The first kappa shape index (κ1) is 21.6. The van der Waals surface area contributed by atoms with Crippen molar-refractivity contribution in [3.8, 4) is 17.3 Å². The van der Waals surface area contributed by atoms with Gasteiger partial charge in [0.25, 0.3) is 10.0 Å². The monoisotopic (exact) mass is 489 g/mol. The van der Waals surface area contributed by atoms with E-state index in [4.69, 9.17) is 10.2 Å². The van der Waals surface area contributed by atoms with Gasteiger partial charge in [-0.2, -0.15) is 5.26 Å². The molecule has 36 heavy (non-hydrogen) atoms. The molecular weight excluding hydrogens is 470 g/mol. The first-order valence-corrected chi connectivity index (χ1v) is 12.7. The second kappa shape index (κ2) is 8.41. The van der Waals surface area contributed by atoms with Crippen molar-refractivity contribution in [1.82, 2.24) is 13.4 Å². The van der Waals surface area contributed by atoms with E-state index in [0.29, 0.717) is 33.8 Å². The number of hydrogen-bond donors (Lipinski definition) is 1. The minimum absolute atomic E-state index is 0.211. The summed E-state index contributed by atoms with van der Waals surface area (Å²) in [5.74, 6) is 0.690. The average Bonchev–Trinajstić information content (AvgIpc) is 3.49. The molecule has 0 fully saturated rings. The van der Waals surface area contributed by atoms with Crippen LogP contribution in [-0.4, -0.2) is 21.8 Å². The lowest BCUT2D eigenvalue weighted by atomic mass is 10.1. The van der Waals surface area contributed by atoms with Crippen molar-refractivity contribution < 1.29 is 8.42 Å². The van der Waals surface area contributed by atoms with Crippen molar-refractivity contribution in [1.29, 1.82) is 5.26 Å². The van der Waals surface area contributed by atoms with E-state index in [1.54, 1.807) is 54.7 Å². The third kappa shape index (κ3) is 3.50. The molecule has 3 aromatic heterocycles. The number of aromatic nitrogens is 3. The number of benzene rings is 3. The molecule has 0 saturated carbocycles. The summed E-state index contributed by atoms with van der Waals surface area (Å²) < 4.78 is 30.4. The van der Waals surface area contributed by atoms with Crippen molar-refractivity contribution in [2.75, 3.05) is 5.32 Å². The summed E-state index contributed by atoms with van der Waals surface area (Å²) in [6.07, 6.45) is 3.54. The van der Waals surface area contributed by atoms with E-state index in [2.05, 4.69) is 11.4 Å². The van der Waals surface area contributed by atoms with Crippen LogP contribution in [0.2, 0.25) is 0 Å². The molecule has 0 saturated heterocycles. The molecule has 174 valence electrons. The van der Waals surface area contributed by atoms with Gasteiger partial charge in [0.15, 0.2) is 0 Å².